The Morgan fingerprint density at radius 1 is 0.853 bits per heavy atom. The van der Waals surface area contributed by atoms with Gasteiger partial charge in [0.15, 0.2) is 11.6 Å². The molecule has 34 heavy (non-hydrogen) atoms. The standard InChI is InChI=1S/C15H28O4.C8H16O2.4CH4.B/c1-6-19-14(17)9-7-8-10-15(18-5,13(4)16)11-12(2)3;1-6(2)5-8(10-4)7(3)9;;;;;/h12H,6-11H2,1-5H3;6,8H,5H2,1-4H3;4*1H4;. The first-order valence-corrected chi connectivity index (χ1v) is 10.7. The zero-order valence-electron chi connectivity index (χ0n) is 20.7. The molecule has 2 unspecified atom stereocenters. The van der Waals surface area contributed by atoms with Crippen molar-refractivity contribution >= 4 is 25.9 Å². The van der Waals surface area contributed by atoms with E-state index in [0.717, 1.165) is 25.7 Å². The van der Waals surface area contributed by atoms with Crippen LogP contribution in [0.1, 0.15) is 117 Å². The molecule has 6 nitrogen and oxygen atoms in total. The number of carbonyl (C=O) groups is 3. The fourth-order valence-corrected chi connectivity index (χ4v) is 3.18. The normalized spacial score (nSPS) is 12.0. The van der Waals surface area contributed by atoms with Gasteiger partial charge in [-0.15, -0.1) is 0 Å². The molecule has 0 rings (SSSR count). The van der Waals surface area contributed by atoms with E-state index < -0.39 is 5.60 Å². The summed E-state index contributed by atoms with van der Waals surface area (Å²) in [6, 6.07) is 0. The second-order valence-corrected chi connectivity index (χ2v) is 8.33. The zero-order valence-corrected chi connectivity index (χ0v) is 20.7. The number of methoxy groups -OCH3 is 2. The van der Waals surface area contributed by atoms with Gasteiger partial charge in [0.1, 0.15) is 11.7 Å². The fourth-order valence-electron chi connectivity index (χ4n) is 3.18. The van der Waals surface area contributed by atoms with Crippen LogP contribution in [0.2, 0.25) is 0 Å². The maximum Gasteiger partial charge on any atom is 0.305 e. The minimum absolute atomic E-state index is 0. The predicted molar refractivity (Wildman–Crippen MR) is 149 cm³/mol. The molecule has 0 spiro atoms. The molecule has 3 radical (unpaired) electrons. The van der Waals surface area contributed by atoms with Crippen molar-refractivity contribution in [2.45, 2.75) is 128 Å². The third kappa shape index (κ3) is 23.9. The number of Topliss-reactive ketones (excluding diaryl/α,β-unsaturated/α-hetero) is 2. The van der Waals surface area contributed by atoms with Crippen molar-refractivity contribution in [3.8, 4) is 0 Å². The number of ketones is 2. The van der Waals surface area contributed by atoms with E-state index in [0.29, 0.717) is 31.3 Å². The van der Waals surface area contributed by atoms with Crippen LogP contribution in [0, 0.1) is 11.8 Å². The van der Waals surface area contributed by atoms with Crippen molar-refractivity contribution in [3.05, 3.63) is 0 Å². The van der Waals surface area contributed by atoms with Crippen LogP contribution >= 0.6 is 0 Å². The highest BCUT2D eigenvalue weighted by molar-refractivity contribution is 5.85. The van der Waals surface area contributed by atoms with Crippen LogP contribution in [-0.2, 0) is 28.6 Å². The van der Waals surface area contributed by atoms with Crippen LogP contribution in [0.25, 0.3) is 0 Å². The van der Waals surface area contributed by atoms with Gasteiger partial charge in [0.05, 0.1) is 6.61 Å². The number of unbranched alkanes of at least 4 members (excludes halogenated alkanes) is 1. The number of ether oxygens (including phenoxy) is 3. The van der Waals surface area contributed by atoms with Crippen molar-refractivity contribution in [2.75, 3.05) is 20.8 Å². The molecular weight excluding hydrogens is 431 g/mol. The Kier molecular flexibility index (Phi) is 41.1. The Balaban J connectivity index is -0.0000000850. The molecule has 0 aromatic heterocycles. The van der Waals surface area contributed by atoms with Gasteiger partial charge < -0.3 is 14.2 Å². The molecule has 0 aromatic carbocycles. The van der Waals surface area contributed by atoms with E-state index in [2.05, 4.69) is 27.7 Å². The Labute approximate surface area is 215 Å². The van der Waals surface area contributed by atoms with Gasteiger partial charge in [0.2, 0.25) is 0 Å². The largest absolute Gasteiger partial charge is 0.466 e. The highest BCUT2D eigenvalue weighted by Crippen LogP contribution is 2.28. The van der Waals surface area contributed by atoms with E-state index in [1.54, 1.807) is 35.0 Å². The number of hydrogen-bond acceptors (Lipinski definition) is 6. The molecule has 0 heterocycles. The molecule has 0 saturated carbocycles. The Bertz CT molecular complexity index is 480. The van der Waals surface area contributed by atoms with Crippen molar-refractivity contribution < 1.29 is 28.6 Å². The minimum atomic E-state index is -0.692. The maximum atomic E-state index is 11.8. The highest BCUT2D eigenvalue weighted by Gasteiger charge is 2.35. The van der Waals surface area contributed by atoms with Crippen LogP contribution in [-0.4, -0.2) is 58.5 Å². The summed E-state index contributed by atoms with van der Waals surface area (Å²) in [6.07, 6.45) is 3.95. The fraction of sp³-hybridized carbons (Fsp3) is 0.889. The van der Waals surface area contributed by atoms with Crippen molar-refractivity contribution in [2.24, 2.45) is 11.8 Å². The lowest BCUT2D eigenvalue weighted by Crippen LogP contribution is -2.40. The molecule has 0 fully saturated rings. The lowest BCUT2D eigenvalue weighted by Gasteiger charge is -2.31. The summed E-state index contributed by atoms with van der Waals surface area (Å²) in [5.41, 5.74) is -0.692. The summed E-state index contributed by atoms with van der Waals surface area (Å²) in [6.45, 7) is 13.7. The first kappa shape index (κ1) is 49.8. The van der Waals surface area contributed by atoms with E-state index in [-0.39, 0.29) is 61.8 Å². The zero-order chi connectivity index (χ0) is 23.0. The summed E-state index contributed by atoms with van der Waals surface area (Å²) >= 11 is 0. The van der Waals surface area contributed by atoms with Crippen LogP contribution < -0.4 is 0 Å². The van der Waals surface area contributed by atoms with Crippen molar-refractivity contribution in [3.63, 3.8) is 0 Å². The average Bonchev–Trinajstić information content (AvgIpc) is 2.62. The van der Waals surface area contributed by atoms with Gasteiger partial charge >= 0.3 is 5.97 Å². The smallest absolute Gasteiger partial charge is 0.305 e. The summed E-state index contributed by atoms with van der Waals surface area (Å²) in [7, 11) is 3.17. The van der Waals surface area contributed by atoms with Gasteiger partial charge in [-0.3, -0.25) is 14.4 Å². The maximum absolute atomic E-state index is 11.8. The molecule has 0 aromatic rings. The lowest BCUT2D eigenvalue weighted by atomic mass is 9.84. The molecular formula is C27H60BO6. The average molecular weight is 492 g/mol. The minimum Gasteiger partial charge on any atom is -0.466 e. The van der Waals surface area contributed by atoms with Gasteiger partial charge in [-0.2, -0.15) is 0 Å². The summed E-state index contributed by atoms with van der Waals surface area (Å²) in [4.78, 5) is 33.9. The number of esters is 1. The van der Waals surface area contributed by atoms with E-state index in [4.69, 9.17) is 14.2 Å². The molecule has 0 bridgehead atoms. The van der Waals surface area contributed by atoms with Gasteiger partial charge in [-0.25, -0.2) is 0 Å². The third-order valence-corrected chi connectivity index (χ3v) is 4.71. The molecule has 0 aliphatic heterocycles. The number of carbonyl (C=O) groups excluding carboxylic acids is 3. The van der Waals surface area contributed by atoms with Crippen LogP contribution in [0.4, 0.5) is 0 Å². The second kappa shape index (κ2) is 28.0. The van der Waals surface area contributed by atoms with Gasteiger partial charge in [-0.05, 0) is 64.7 Å². The molecule has 2 atom stereocenters. The summed E-state index contributed by atoms with van der Waals surface area (Å²) in [5.74, 6) is 0.941. The lowest BCUT2D eigenvalue weighted by molar-refractivity contribution is -0.143. The summed E-state index contributed by atoms with van der Waals surface area (Å²) < 4.78 is 15.3. The van der Waals surface area contributed by atoms with E-state index >= 15 is 0 Å². The van der Waals surface area contributed by atoms with Gasteiger partial charge in [-0.1, -0.05) is 57.4 Å². The molecule has 0 saturated heterocycles. The monoisotopic (exact) mass is 491 g/mol. The van der Waals surface area contributed by atoms with Crippen LogP contribution in [0.15, 0.2) is 0 Å². The number of hydrogen-bond donors (Lipinski definition) is 0. The van der Waals surface area contributed by atoms with Gasteiger partial charge in [0, 0.05) is 29.1 Å². The van der Waals surface area contributed by atoms with Crippen molar-refractivity contribution in [1.29, 1.82) is 0 Å². The molecule has 207 valence electrons. The van der Waals surface area contributed by atoms with Crippen molar-refractivity contribution in [1.82, 2.24) is 0 Å². The first-order chi connectivity index (χ1) is 13.4. The van der Waals surface area contributed by atoms with E-state index in [9.17, 15) is 14.4 Å². The molecule has 0 aliphatic carbocycles. The van der Waals surface area contributed by atoms with E-state index in [1.807, 2.05) is 0 Å². The first-order valence-electron chi connectivity index (χ1n) is 10.7. The van der Waals surface area contributed by atoms with Crippen LogP contribution in [0.3, 0.4) is 0 Å². The Morgan fingerprint density at radius 3 is 1.62 bits per heavy atom. The number of rotatable bonds is 14. The highest BCUT2D eigenvalue weighted by atomic mass is 16.5. The van der Waals surface area contributed by atoms with E-state index in [1.165, 1.54) is 0 Å². The summed E-state index contributed by atoms with van der Waals surface area (Å²) in [5, 5.41) is 0. The Hall–Kier alpha value is -1.21. The molecule has 7 heteroatoms. The molecule has 0 N–H and O–H groups in total. The quantitative estimate of drug-likeness (QED) is 0.149. The predicted octanol–water partition coefficient (Wildman–Crippen LogP) is 6.93. The molecule has 0 aliphatic rings. The topological polar surface area (TPSA) is 78.9 Å². The van der Waals surface area contributed by atoms with Gasteiger partial charge in [0.25, 0.3) is 0 Å². The Morgan fingerprint density at radius 2 is 1.35 bits per heavy atom. The van der Waals surface area contributed by atoms with Crippen LogP contribution in [0.5, 0.6) is 0 Å². The molecule has 0 amide bonds. The SMILES string of the molecule is C.C.C.C.CCOC(=O)CCCCC(CC(C)C)(OC)C(C)=O.COC(CC(C)C)C(C)=O.[B]. The second-order valence-electron chi connectivity index (χ2n) is 8.33. The third-order valence-electron chi connectivity index (χ3n) is 4.71.